The number of aliphatic carboxylic acids is 1. The van der Waals surface area contributed by atoms with Crippen LogP contribution in [0.4, 0.5) is 0 Å². The van der Waals surface area contributed by atoms with Crippen molar-refractivity contribution in [2.75, 3.05) is 13.2 Å². The maximum Gasteiger partial charge on any atom is 0.313 e. The van der Waals surface area contributed by atoms with Crippen LogP contribution in [0.25, 0.3) is 0 Å². The van der Waals surface area contributed by atoms with Crippen molar-refractivity contribution in [1.29, 1.82) is 0 Å². The van der Waals surface area contributed by atoms with Gasteiger partial charge < -0.3 is 15.6 Å². The molecule has 0 radical (unpaired) electrons. The smallest absolute Gasteiger partial charge is 0.313 e. The quantitative estimate of drug-likeness (QED) is 0.711. The molecule has 4 nitrogen and oxygen atoms in total. The van der Waals surface area contributed by atoms with Gasteiger partial charge in [-0.1, -0.05) is 19.8 Å². The molecule has 4 heteroatoms. The highest BCUT2D eigenvalue weighted by molar-refractivity contribution is 5.76. The fraction of sp³-hybridized carbons (Fsp3) is 0.900. The van der Waals surface area contributed by atoms with Crippen molar-refractivity contribution in [1.82, 2.24) is 0 Å². The standard InChI is InChI=1S/C10H19NO3/c1-2-3-5-10(9(12)13)7-14-6-4-8(10)11/h8H,2-7,11H2,1H3,(H,12,13). The Morgan fingerprint density at radius 1 is 1.71 bits per heavy atom. The Kier molecular flexibility index (Phi) is 3.89. The number of carboxylic acids is 1. The molecule has 1 fully saturated rings. The number of hydrogen-bond acceptors (Lipinski definition) is 3. The molecule has 0 aliphatic carbocycles. The van der Waals surface area contributed by atoms with E-state index in [1.807, 2.05) is 6.92 Å². The monoisotopic (exact) mass is 201 g/mol. The topological polar surface area (TPSA) is 72.5 Å². The summed E-state index contributed by atoms with van der Waals surface area (Å²) in [4.78, 5) is 11.2. The Balaban J connectivity index is 2.72. The third kappa shape index (κ3) is 2.07. The lowest BCUT2D eigenvalue weighted by atomic mass is 9.74. The summed E-state index contributed by atoms with van der Waals surface area (Å²) in [5.74, 6) is -0.807. The first kappa shape index (κ1) is 11.5. The van der Waals surface area contributed by atoms with Crippen LogP contribution >= 0.6 is 0 Å². The van der Waals surface area contributed by atoms with Gasteiger partial charge in [-0.05, 0) is 12.8 Å². The molecule has 0 bridgehead atoms. The van der Waals surface area contributed by atoms with Gasteiger partial charge in [0.2, 0.25) is 0 Å². The molecular weight excluding hydrogens is 182 g/mol. The van der Waals surface area contributed by atoms with Crippen LogP contribution in [0.3, 0.4) is 0 Å². The summed E-state index contributed by atoms with van der Waals surface area (Å²) in [7, 11) is 0. The van der Waals surface area contributed by atoms with Crippen LogP contribution in [0.1, 0.15) is 32.6 Å². The van der Waals surface area contributed by atoms with Crippen LogP contribution in [0.15, 0.2) is 0 Å². The number of ether oxygens (including phenoxy) is 1. The molecule has 0 aromatic heterocycles. The van der Waals surface area contributed by atoms with Gasteiger partial charge in [0.05, 0.1) is 6.61 Å². The van der Waals surface area contributed by atoms with E-state index in [9.17, 15) is 9.90 Å². The molecule has 82 valence electrons. The van der Waals surface area contributed by atoms with Crippen LogP contribution in [-0.4, -0.2) is 30.3 Å². The lowest BCUT2D eigenvalue weighted by Gasteiger charge is -2.38. The highest BCUT2D eigenvalue weighted by atomic mass is 16.5. The molecule has 0 saturated carbocycles. The van der Waals surface area contributed by atoms with E-state index >= 15 is 0 Å². The maximum absolute atomic E-state index is 11.2. The number of unbranched alkanes of at least 4 members (excludes halogenated alkanes) is 1. The van der Waals surface area contributed by atoms with Gasteiger partial charge in [-0.15, -0.1) is 0 Å². The first-order valence-corrected chi connectivity index (χ1v) is 5.20. The fourth-order valence-electron chi connectivity index (χ4n) is 1.92. The summed E-state index contributed by atoms with van der Waals surface area (Å²) >= 11 is 0. The van der Waals surface area contributed by atoms with Crippen LogP contribution in [0, 0.1) is 5.41 Å². The second-order valence-corrected chi connectivity index (χ2v) is 4.01. The Bertz CT molecular complexity index is 208. The summed E-state index contributed by atoms with van der Waals surface area (Å²) in [6.45, 7) is 2.90. The van der Waals surface area contributed by atoms with Crippen molar-refractivity contribution in [3.05, 3.63) is 0 Å². The molecule has 0 aromatic rings. The lowest BCUT2D eigenvalue weighted by molar-refractivity contribution is -0.160. The van der Waals surface area contributed by atoms with E-state index in [1.54, 1.807) is 0 Å². The predicted molar refractivity (Wildman–Crippen MR) is 53.0 cm³/mol. The third-order valence-corrected chi connectivity index (χ3v) is 3.04. The average molecular weight is 201 g/mol. The van der Waals surface area contributed by atoms with E-state index in [0.717, 1.165) is 12.8 Å². The lowest BCUT2D eigenvalue weighted by Crippen LogP contribution is -2.54. The van der Waals surface area contributed by atoms with E-state index in [1.165, 1.54) is 0 Å². The second kappa shape index (κ2) is 4.75. The fourth-order valence-corrected chi connectivity index (χ4v) is 1.92. The normalized spacial score (nSPS) is 32.9. The molecule has 3 N–H and O–H groups in total. The molecule has 1 saturated heterocycles. The van der Waals surface area contributed by atoms with Crippen molar-refractivity contribution in [2.24, 2.45) is 11.1 Å². The summed E-state index contributed by atoms with van der Waals surface area (Å²) in [5.41, 5.74) is 5.06. The van der Waals surface area contributed by atoms with E-state index in [-0.39, 0.29) is 12.6 Å². The van der Waals surface area contributed by atoms with E-state index in [2.05, 4.69) is 0 Å². The van der Waals surface area contributed by atoms with Crippen molar-refractivity contribution in [3.8, 4) is 0 Å². The summed E-state index contributed by atoms with van der Waals surface area (Å²) in [5, 5.41) is 9.23. The maximum atomic E-state index is 11.2. The number of nitrogens with two attached hydrogens (primary N) is 1. The summed E-state index contributed by atoms with van der Waals surface area (Å²) in [6, 6.07) is -0.264. The number of carboxylic acid groups (broad SMARTS) is 1. The number of hydrogen-bond donors (Lipinski definition) is 2. The van der Waals surface area contributed by atoms with E-state index < -0.39 is 11.4 Å². The molecule has 14 heavy (non-hydrogen) atoms. The van der Waals surface area contributed by atoms with Gasteiger partial charge in [0.1, 0.15) is 5.41 Å². The Labute approximate surface area is 84.4 Å². The van der Waals surface area contributed by atoms with Gasteiger partial charge in [0.25, 0.3) is 0 Å². The molecular formula is C10H19NO3. The molecule has 1 rings (SSSR count). The molecule has 1 heterocycles. The molecule has 2 unspecified atom stereocenters. The molecule has 2 atom stereocenters. The van der Waals surface area contributed by atoms with Crippen molar-refractivity contribution in [3.63, 3.8) is 0 Å². The molecule has 1 aliphatic heterocycles. The highest BCUT2D eigenvalue weighted by Gasteiger charge is 2.45. The van der Waals surface area contributed by atoms with Gasteiger partial charge in [-0.2, -0.15) is 0 Å². The highest BCUT2D eigenvalue weighted by Crippen LogP contribution is 2.33. The first-order valence-electron chi connectivity index (χ1n) is 5.20. The Hall–Kier alpha value is -0.610. The zero-order valence-electron chi connectivity index (χ0n) is 8.66. The zero-order chi connectivity index (χ0) is 10.6. The second-order valence-electron chi connectivity index (χ2n) is 4.01. The van der Waals surface area contributed by atoms with Gasteiger partial charge in [-0.3, -0.25) is 4.79 Å². The zero-order valence-corrected chi connectivity index (χ0v) is 8.66. The van der Waals surface area contributed by atoms with Crippen molar-refractivity contribution in [2.45, 2.75) is 38.6 Å². The molecule has 0 aromatic carbocycles. The molecule has 1 aliphatic rings. The molecule has 0 spiro atoms. The first-order chi connectivity index (χ1) is 6.63. The van der Waals surface area contributed by atoms with Crippen LogP contribution in [0.5, 0.6) is 0 Å². The van der Waals surface area contributed by atoms with Gasteiger partial charge in [-0.25, -0.2) is 0 Å². The number of carbonyl (C=O) groups is 1. The number of rotatable bonds is 4. The SMILES string of the molecule is CCCCC1(C(=O)O)COCCC1N. The van der Waals surface area contributed by atoms with E-state index in [4.69, 9.17) is 10.5 Å². The minimum absolute atomic E-state index is 0.264. The van der Waals surface area contributed by atoms with Gasteiger partial charge in [0.15, 0.2) is 0 Å². The van der Waals surface area contributed by atoms with Crippen molar-refractivity contribution < 1.29 is 14.6 Å². The minimum Gasteiger partial charge on any atom is -0.481 e. The van der Waals surface area contributed by atoms with E-state index in [0.29, 0.717) is 19.4 Å². The summed E-state index contributed by atoms with van der Waals surface area (Å²) in [6.07, 6.45) is 3.15. The van der Waals surface area contributed by atoms with Crippen LogP contribution in [0.2, 0.25) is 0 Å². The van der Waals surface area contributed by atoms with Gasteiger partial charge in [0, 0.05) is 12.6 Å². The minimum atomic E-state index is -0.839. The largest absolute Gasteiger partial charge is 0.481 e. The summed E-state index contributed by atoms with van der Waals surface area (Å²) < 4.78 is 5.25. The average Bonchev–Trinajstić information content (AvgIpc) is 2.16. The van der Waals surface area contributed by atoms with Crippen molar-refractivity contribution >= 4 is 5.97 Å². The predicted octanol–water partition coefficient (Wildman–Crippen LogP) is 0.995. The Morgan fingerprint density at radius 2 is 2.43 bits per heavy atom. The van der Waals surface area contributed by atoms with Crippen LogP contribution in [-0.2, 0) is 9.53 Å². The van der Waals surface area contributed by atoms with Gasteiger partial charge >= 0.3 is 5.97 Å². The van der Waals surface area contributed by atoms with Crippen LogP contribution < -0.4 is 5.73 Å². The third-order valence-electron chi connectivity index (χ3n) is 3.04. The Morgan fingerprint density at radius 3 is 2.93 bits per heavy atom. The molecule has 0 amide bonds.